The molecular weight excluding hydrogens is 473 g/mol. The van der Waals surface area contributed by atoms with E-state index in [-0.39, 0.29) is 16.8 Å². The van der Waals surface area contributed by atoms with Crippen molar-refractivity contribution in [3.8, 4) is 11.1 Å². The number of rotatable bonds is 7. The molecule has 1 heterocycles. The molecule has 0 bridgehead atoms. The summed E-state index contributed by atoms with van der Waals surface area (Å²) in [6.07, 6.45) is -1.36. The molecule has 3 N–H and O–H groups in total. The first-order chi connectivity index (χ1) is 17.8. The van der Waals surface area contributed by atoms with Gasteiger partial charge in [0.2, 0.25) is 11.5 Å². The van der Waals surface area contributed by atoms with Gasteiger partial charge in [0.15, 0.2) is 0 Å². The average molecular weight is 500 g/mol. The van der Waals surface area contributed by atoms with Crippen LogP contribution in [0.15, 0.2) is 95.8 Å². The SMILES string of the molecule is Cc1c(-c2ccc(NC(=O)[C@@H](NC(=O)O)C(c3ccccc3)c3ccccc3)cc2F)ccc(=O)n1C. The fraction of sp³-hybridized carbons (Fsp3) is 0.138. The summed E-state index contributed by atoms with van der Waals surface area (Å²) < 4.78 is 16.6. The zero-order valence-corrected chi connectivity index (χ0v) is 20.3. The molecule has 8 heteroatoms. The number of pyridine rings is 1. The summed E-state index contributed by atoms with van der Waals surface area (Å²) in [5, 5.41) is 14.5. The molecule has 0 aliphatic rings. The second kappa shape index (κ2) is 10.9. The maximum absolute atomic E-state index is 15.1. The summed E-state index contributed by atoms with van der Waals surface area (Å²) in [5.41, 5.74) is 2.89. The van der Waals surface area contributed by atoms with Crippen molar-refractivity contribution in [1.29, 1.82) is 0 Å². The van der Waals surface area contributed by atoms with Gasteiger partial charge in [0.1, 0.15) is 11.9 Å². The van der Waals surface area contributed by atoms with E-state index in [1.165, 1.54) is 22.8 Å². The van der Waals surface area contributed by atoms with Gasteiger partial charge in [-0.25, -0.2) is 9.18 Å². The van der Waals surface area contributed by atoms with E-state index < -0.39 is 29.8 Å². The monoisotopic (exact) mass is 499 g/mol. The molecule has 0 saturated heterocycles. The molecule has 37 heavy (non-hydrogen) atoms. The lowest BCUT2D eigenvalue weighted by Crippen LogP contribution is -2.47. The molecule has 4 aromatic rings. The number of carbonyl (C=O) groups is 2. The van der Waals surface area contributed by atoms with Crippen molar-refractivity contribution >= 4 is 17.7 Å². The highest BCUT2D eigenvalue weighted by atomic mass is 19.1. The molecular formula is C29H26FN3O4. The quantitative estimate of drug-likeness (QED) is 0.337. The number of carboxylic acid groups (broad SMARTS) is 1. The third kappa shape index (κ3) is 5.59. The number of anilines is 1. The highest BCUT2D eigenvalue weighted by Gasteiger charge is 2.32. The van der Waals surface area contributed by atoms with Gasteiger partial charge in [-0.1, -0.05) is 60.7 Å². The van der Waals surface area contributed by atoms with E-state index >= 15 is 4.39 Å². The highest BCUT2D eigenvalue weighted by molar-refractivity contribution is 5.97. The van der Waals surface area contributed by atoms with Crippen molar-refractivity contribution in [2.75, 3.05) is 5.32 Å². The van der Waals surface area contributed by atoms with Gasteiger partial charge in [-0.3, -0.25) is 9.59 Å². The molecule has 188 valence electrons. The van der Waals surface area contributed by atoms with Crippen molar-refractivity contribution in [3.05, 3.63) is 124 Å². The molecule has 0 fully saturated rings. The Morgan fingerprint density at radius 3 is 1.97 bits per heavy atom. The van der Waals surface area contributed by atoms with E-state index in [1.807, 2.05) is 60.7 Å². The van der Waals surface area contributed by atoms with Crippen LogP contribution in [0.3, 0.4) is 0 Å². The summed E-state index contributed by atoms with van der Waals surface area (Å²) in [4.78, 5) is 37.0. The van der Waals surface area contributed by atoms with Crippen molar-refractivity contribution in [3.63, 3.8) is 0 Å². The Morgan fingerprint density at radius 1 is 0.865 bits per heavy atom. The molecule has 0 radical (unpaired) electrons. The van der Waals surface area contributed by atoms with Gasteiger partial charge in [-0.05, 0) is 42.3 Å². The van der Waals surface area contributed by atoms with Crippen LogP contribution in [0.4, 0.5) is 14.9 Å². The number of carbonyl (C=O) groups excluding carboxylic acids is 1. The average Bonchev–Trinajstić information content (AvgIpc) is 2.89. The summed E-state index contributed by atoms with van der Waals surface area (Å²) in [5.74, 6) is -1.86. The van der Waals surface area contributed by atoms with E-state index in [0.29, 0.717) is 11.3 Å². The van der Waals surface area contributed by atoms with Gasteiger partial charge < -0.3 is 20.3 Å². The summed E-state index contributed by atoms with van der Waals surface area (Å²) >= 11 is 0. The lowest BCUT2D eigenvalue weighted by Gasteiger charge is -2.27. The Morgan fingerprint density at radius 2 is 1.43 bits per heavy atom. The van der Waals surface area contributed by atoms with Crippen molar-refractivity contribution in [2.24, 2.45) is 7.05 Å². The molecule has 1 aromatic heterocycles. The maximum atomic E-state index is 15.1. The summed E-state index contributed by atoms with van der Waals surface area (Å²) in [6, 6.07) is 24.2. The van der Waals surface area contributed by atoms with E-state index in [2.05, 4.69) is 10.6 Å². The molecule has 0 aliphatic heterocycles. The first kappa shape index (κ1) is 25.4. The maximum Gasteiger partial charge on any atom is 0.405 e. The Hall–Kier alpha value is -4.72. The van der Waals surface area contributed by atoms with Crippen LogP contribution in [0, 0.1) is 12.7 Å². The van der Waals surface area contributed by atoms with Gasteiger partial charge >= 0.3 is 6.09 Å². The largest absolute Gasteiger partial charge is 0.465 e. The van der Waals surface area contributed by atoms with Crippen LogP contribution < -0.4 is 16.2 Å². The van der Waals surface area contributed by atoms with Crippen LogP contribution in [-0.2, 0) is 11.8 Å². The van der Waals surface area contributed by atoms with E-state index in [9.17, 15) is 19.5 Å². The number of hydrogen-bond acceptors (Lipinski definition) is 3. The predicted molar refractivity (Wildman–Crippen MR) is 140 cm³/mol. The van der Waals surface area contributed by atoms with Crippen molar-refractivity contribution in [1.82, 2.24) is 9.88 Å². The third-order valence-corrected chi connectivity index (χ3v) is 6.36. The number of hydrogen-bond donors (Lipinski definition) is 3. The standard InChI is InChI=1S/C29H26FN3O4/c1-18-22(15-16-25(34)33(18)2)23-14-13-21(17-24(23)30)31-28(35)27(32-29(36)37)26(19-9-5-3-6-10-19)20-11-7-4-8-12-20/h3-17,26-27,32H,1-2H3,(H,31,35)(H,36,37)/t27-/m0/s1. The number of aromatic nitrogens is 1. The Balaban J connectivity index is 1.68. The Bertz CT molecular complexity index is 1450. The molecule has 4 rings (SSSR count). The molecule has 3 aromatic carbocycles. The molecule has 0 unspecified atom stereocenters. The second-order valence-electron chi connectivity index (χ2n) is 8.64. The Kier molecular flexibility index (Phi) is 7.48. The van der Waals surface area contributed by atoms with E-state index in [0.717, 1.165) is 11.1 Å². The van der Waals surface area contributed by atoms with Crippen molar-refractivity contribution in [2.45, 2.75) is 18.9 Å². The lowest BCUT2D eigenvalue weighted by atomic mass is 9.84. The topological polar surface area (TPSA) is 100 Å². The fourth-order valence-corrected chi connectivity index (χ4v) is 4.38. The fourth-order valence-electron chi connectivity index (χ4n) is 4.38. The normalized spacial score (nSPS) is 11.7. The van der Waals surface area contributed by atoms with E-state index in [4.69, 9.17) is 0 Å². The number of nitrogens with one attached hydrogen (secondary N) is 2. The number of amides is 2. The van der Waals surface area contributed by atoms with Gasteiger partial charge in [0.25, 0.3) is 0 Å². The molecule has 2 amide bonds. The van der Waals surface area contributed by atoms with Crippen LogP contribution in [0.1, 0.15) is 22.7 Å². The van der Waals surface area contributed by atoms with Gasteiger partial charge in [0, 0.05) is 41.5 Å². The van der Waals surface area contributed by atoms with Crippen LogP contribution >= 0.6 is 0 Å². The lowest BCUT2D eigenvalue weighted by molar-refractivity contribution is -0.118. The van der Waals surface area contributed by atoms with Crippen LogP contribution in [0.2, 0.25) is 0 Å². The van der Waals surface area contributed by atoms with Crippen LogP contribution in [0.25, 0.3) is 11.1 Å². The molecule has 7 nitrogen and oxygen atoms in total. The minimum atomic E-state index is -1.36. The van der Waals surface area contributed by atoms with E-state index in [1.54, 1.807) is 26.1 Å². The summed E-state index contributed by atoms with van der Waals surface area (Å²) in [6.45, 7) is 1.72. The van der Waals surface area contributed by atoms with Gasteiger partial charge in [-0.15, -0.1) is 0 Å². The minimum absolute atomic E-state index is 0.172. The van der Waals surface area contributed by atoms with Crippen molar-refractivity contribution < 1.29 is 19.1 Å². The molecule has 0 saturated carbocycles. The van der Waals surface area contributed by atoms with Gasteiger partial charge in [0.05, 0.1) is 0 Å². The number of nitrogens with zero attached hydrogens (tertiary/aromatic N) is 1. The minimum Gasteiger partial charge on any atom is -0.465 e. The second-order valence-corrected chi connectivity index (χ2v) is 8.64. The van der Waals surface area contributed by atoms with Crippen LogP contribution in [0.5, 0.6) is 0 Å². The molecule has 0 spiro atoms. The molecule has 1 atom stereocenters. The Labute approximate surface area is 213 Å². The van der Waals surface area contributed by atoms with Crippen LogP contribution in [-0.4, -0.2) is 27.7 Å². The first-order valence-corrected chi connectivity index (χ1v) is 11.6. The third-order valence-electron chi connectivity index (χ3n) is 6.36. The number of halogens is 1. The first-order valence-electron chi connectivity index (χ1n) is 11.6. The summed E-state index contributed by atoms with van der Waals surface area (Å²) in [7, 11) is 1.61. The number of benzene rings is 3. The highest BCUT2D eigenvalue weighted by Crippen LogP contribution is 2.30. The zero-order valence-electron chi connectivity index (χ0n) is 20.3. The predicted octanol–water partition coefficient (Wildman–Crippen LogP) is 4.91. The molecule has 0 aliphatic carbocycles. The smallest absolute Gasteiger partial charge is 0.405 e. The zero-order chi connectivity index (χ0) is 26.5. The van der Waals surface area contributed by atoms with Gasteiger partial charge in [-0.2, -0.15) is 0 Å².